The Morgan fingerprint density at radius 1 is 0.976 bits per heavy atom. The van der Waals surface area contributed by atoms with E-state index in [2.05, 4.69) is 0 Å². The third-order valence-corrected chi connectivity index (χ3v) is 7.94. The monoisotopic (exact) mass is 580 g/mol. The number of thiophene rings is 1. The molecule has 0 fully saturated rings. The second-order valence-corrected chi connectivity index (χ2v) is 10.8. The SMILES string of the molecule is COc1cc2c(cc1OCCCOc1cc3cc(C(=O)CC(C)C(=O)O)sc3cc1OC)CN(C(=O)CCC#N)C2. The van der Waals surface area contributed by atoms with Gasteiger partial charge in [0.2, 0.25) is 5.91 Å². The highest BCUT2D eigenvalue weighted by molar-refractivity contribution is 7.20. The van der Waals surface area contributed by atoms with Gasteiger partial charge in [-0.1, -0.05) is 6.92 Å². The molecule has 0 spiro atoms. The van der Waals surface area contributed by atoms with Gasteiger partial charge in [-0.15, -0.1) is 11.3 Å². The molecule has 1 aromatic heterocycles. The first-order valence-electron chi connectivity index (χ1n) is 13.2. The number of hydrogen-bond acceptors (Lipinski definition) is 9. The van der Waals surface area contributed by atoms with Crippen LogP contribution in [0.25, 0.3) is 10.1 Å². The average molecular weight is 581 g/mol. The fourth-order valence-electron chi connectivity index (χ4n) is 4.52. The molecule has 11 heteroatoms. The van der Waals surface area contributed by atoms with E-state index in [9.17, 15) is 14.4 Å². The summed E-state index contributed by atoms with van der Waals surface area (Å²) in [5.74, 6) is 0.237. The lowest BCUT2D eigenvalue weighted by Gasteiger charge is -2.14. The largest absolute Gasteiger partial charge is 0.493 e. The summed E-state index contributed by atoms with van der Waals surface area (Å²) >= 11 is 1.30. The average Bonchev–Trinajstić information content (AvgIpc) is 3.58. The highest BCUT2D eigenvalue weighted by atomic mass is 32.1. The lowest BCUT2D eigenvalue weighted by molar-refractivity contribution is -0.141. The number of benzene rings is 2. The van der Waals surface area contributed by atoms with Gasteiger partial charge in [-0.3, -0.25) is 14.4 Å². The Bertz CT molecular complexity index is 1490. The minimum Gasteiger partial charge on any atom is -0.493 e. The fourth-order valence-corrected chi connectivity index (χ4v) is 5.54. The number of amides is 1. The molecule has 0 saturated heterocycles. The second kappa shape index (κ2) is 13.4. The summed E-state index contributed by atoms with van der Waals surface area (Å²) in [6.45, 7) is 3.19. The van der Waals surface area contributed by atoms with Crippen molar-refractivity contribution in [2.24, 2.45) is 5.92 Å². The molecule has 3 aromatic rings. The zero-order chi connectivity index (χ0) is 29.5. The van der Waals surface area contributed by atoms with Gasteiger partial charge in [-0.2, -0.15) is 5.26 Å². The molecular weight excluding hydrogens is 548 g/mol. The Morgan fingerprint density at radius 3 is 2.20 bits per heavy atom. The van der Waals surface area contributed by atoms with Gasteiger partial charge >= 0.3 is 5.97 Å². The molecular formula is C30H32N2O8S. The number of carbonyl (C=O) groups excluding carboxylic acids is 2. The normalized spacial score (nSPS) is 12.9. The number of ether oxygens (including phenoxy) is 4. The van der Waals surface area contributed by atoms with Gasteiger partial charge in [0.25, 0.3) is 0 Å². The summed E-state index contributed by atoms with van der Waals surface area (Å²) in [5.41, 5.74) is 1.99. The molecule has 4 rings (SSSR count). The molecule has 1 atom stereocenters. The number of rotatable bonds is 14. The molecule has 0 saturated carbocycles. The van der Waals surface area contributed by atoms with Crippen LogP contribution in [-0.4, -0.2) is 55.1 Å². The highest BCUT2D eigenvalue weighted by Gasteiger charge is 2.25. The number of ketones is 1. The van der Waals surface area contributed by atoms with Crippen LogP contribution in [0.5, 0.6) is 23.0 Å². The first-order valence-corrected chi connectivity index (χ1v) is 14.0. The minimum atomic E-state index is -0.998. The van der Waals surface area contributed by atoms with Crippen LogP contribution in [0.15, 0.2) is 30.3 Å². The van der Waals surface area contributed by atoms with Crippen molar-refractivity contribution in [2.45, 2.75) is 45.7 Å². The number of carboxylic acids is 1. The number of nitrogens with zero attached hydrogens (tertiary/aromatic N) is 2. The third kappa shape index (κ3) is 7.08. The summed E-state index contributed by atoms with van der Waals surface area (Å²) in [4.78, 5) is 38.2. The summed E-state index contributed by atoms with van der Waals surface area (Å²) in [5, 5.41) is 18.7. The van der Waals surface area contributed by atoms with E-state index in [1.165, 1.54) is 18.3 Å². The standard InChI is InChI=1S/C30H32N2O8S/c1-18(30(35)36)10-22(33)28-14-19-11-25(24(38-3)15-27(19)41-28)39-8-5-9-40-26-13-21-17-32(29(34)6-4-7-31)16-20(21)12-23(26)37-2/h11-15,18H,4-6,8-10,16-17H2,1-3H3,(H,35,36). The first kappa shape index (κ1) is 29.7. The fraction of sp³-hybridized carbons (Fsp3) is 0.400. The molecule has 0 aliphatic carbocycles. The van der Waals surface area contributed by atoms with Crippen molar-refractivity contribution in [1.82, 2.24) is 4.90 Å². The van der Waals surface area contributed by atoms with Crippen molar-refractivity contribution in [3.05, 3.63) is 46.3 Å². The van der Waals surface area contributed by atoms with Crippen LogP contribution in [0.1, 0.15) is 53.4 Å². The molecule has 0 bridgehead atoms. The Labute approximate surface area is 242 Å². The number of carboxylic acid groups (broad SMARTS) is 1. The van der Waals surface area contributed by atoms with Gasteiger partial charge in [0, 0.05) is 49.5 Å². The van der Waals surface area contributed by atoms with Crippen molar-refractivity contribution in [3.8, 4) is 29.1 Å². The van der Waals surface area contributed by atoms with E-state index < -0.39 is 11.9 Å². The zero-order valence-electron chi connectivity index (χ0n) is 23.2. The lowest BCUT2D eigenvalue weighted by Crippen LogP contribution is -2.24. The van der Waals surface area contributed by atoms with E-state index >= 15 is 0 Å². The van der Waals surface area contributed by atoms with Crippen LogP contribution >= 0.6 is 11.3 Å². The maximum absolute atomic E-state index is 12.6. The molecule has 10 nitrogen and oxygen atoms in total. The Hall–Kier alpha value is -4.30. The van der Waals surface area contributed by atoms with E-state index in [0.29, 0.717) is 60.6 Å². The van der Waals surface area contributed by atoms with Crippen LogP contribution in [0, 0.1) is 17.2 Å². The van der Waals surface area contributed by atoms with E-state index in [0.717, 1.165) is 21.2 Å². The molecule has 1 N–H and O–H groups in total. The molecule has 1 aliphatic rings. The number of carbonyl (C=O) groups is 3. The van der Waals surface area contributed by atoms with Crippen LogP contribution in [0.4, 0.5) is 0 Å². The van der Waals surface area contributed by atoms with Gasteiger partial charge < -0.3 is 29.0 Å². The number of nitriles is 1. The number of fused-ring (bicyclic) bond motifs is 2. The molecule has 41 heavy (non-hydrogen) atoms. The number of Topliss-reactive ketones (excluding diaryl/α,β-unsaturated/α-hetero) is 1. The van der Waals surface area contributed by atoms with Crippen molar-refractivity contribution in [1.29, 1.82) is 5.26 Å². The van der Waals surface area contributed by atoms with Crippen LogP contribution in [0.2, 0.25) is 0 Å². The number of aliphatic carboxylic acids is 1. The minimum absolute atomic E-state index is 0.0481. The van der Waals surface area contributed by atoms with Crippen molar-refractivity contribution < 1.29 is 38.4 Å². The molecule has 1 amide bonds. The molecule has 216 valence electrons. The van der Waals surface area contributed by atoms with Gasteiger partial charge in [-0.25, -0.2) is 0 Å². The number of hydrogen-bond donors (Lipinski definition) is 1. The van der Waals surface area contributed by atoms with E-state index in [1.54, 1.807) is 25.2 Å². The van der Waals surface area contributed by atoms with Crippen LogP contribution in [-0.2, 0) is 22.7 Å². The smallest absolute Gasteiger partial charge is 0.306 e. The Balaban J connectivity index is 1.34. The second-order valence-electron chi connectivity index (χ2n) is 9.75. The maximum atomic E-state index is 12.6. The van der Waals surface area contributed by atoms with Gasteiger partial charge in [0.1, 0.15) is 0 Å². The van der Waals surface area contributed by atoms with Crippen molar-refractivity contribution >= 4 is 39.1 Å². The molecule has 2 heterocycles. The lowest BCUT2D eigenvalue weighted by atomic mass is 10.0. The third-order valence-electron chi connectivity index (χ3n) is 6.81. The summed E-state index contributed by atoms with van der Waals surface area (Å²) < 4.78 is 23.8. The summed E-state index contributed by atoms with van der Waals surface area (Å²) in [7, 11) is 3.12. The first-order chi connectivity index (χ1) is 19.7. The zero-order valence-corrected chi connectivity index (χ0v) is 24.0. The van der Waals surface area contributed by atoms with Gasteiger partial charge in [0.05, 0.1) is 44.3 Å². The van der Waals surface area contributed by atoms with E-state index in [4.69, 9.17) is 29.3 Å². The van der Waals surface area contributed by atoms with Gasteiger partial charge in [0.15, 0.2) is 28.8 Å². The van der Waals surface area contributed by atoms with Crippen molar-refractivity contribution in [2.75, 3.05) is 27.4 Å². The summed E-state index contributed by atoms with van der Waals surface area (Å²) in [6.07, 6.45) is 0.921. The molecule has 0 radical (unpaired) electrons. The van der Waals surface area contributed by atoms with Crippen LogP contribution < -0.4 is 18.9 Å². The molecule has 1 aliphatic heterocycles. The summed E-state index contributed by atoms with van der Waals surface area (Å²) in [6, 6.07) is 11.2. The van der Waals surface area contributed by atoms with E-state index in [1.807, 2.05) is 30.3 Å². The predicted molar refractivity (Wildman–Crippen MR) is 152 cm³/mol. The molecule has 1 unspecified atom stereocenters. The predicted octanol–water partition coefficient (Wildman–Crippen LogP) is 5.21. The number of methoxy groups -OCH3 is 2. The van der Waals surface area contributed by atoms with Crippen molar-refractivity contribution in [3.63, 3.8) is 0 Å². The Kier molecular flexibility index (Phi) is 9.68. The topological polar surface area (TPSA) is 135 Å². The van der Waals surface area contributed by atoms with Gasteiger partial charge in [-0.05, 0) is 40.8 Å². The quantitative estimate of drug-likeness (QED) is 0.201. The van der Waals surface area contributed by atoms with E-state index in [-0.39, 0.29) is 31.0 Å². The van der Waals surface area contributed by atoms with Crippen LogP contribution in [0.3, 0.4) is 0 Å². The highest BCUT2D eigenvalue weighted by Crippen LogP contribution is 2.38. The molecule has 2 aromatic carbocycles. The maximum Gasteiger partial charge on any atom is 0.306 e. The Morgan fingerprint density at radius 2 is 1.59 bits per heavy atom.